The molecule has 110 valence electrons. The zero-order valence-corrected chi connectivity index (χ0v) is 13.3. The molecule has 21 heavy (non-hydrogen) atoms. The molecule has 3 nitrogen and oxygen atoms in total. The molecule has 2 N–H and O–H groups in total. The van der Waals surface area contributed by atoms with Crippen LogP contribution in [0.2, 0.25) is 0 Å². The van der Waals surface area contributed by atoms with E-state index in [0.717, 1.165) is 0 Å². The fourth-order valence-electron chi connectivity index (χ4n) is 3.15. The second-order valence-corrected chi connectivity index (χ2v) is 7.74. The number of fused-ring (bicyclic) bond motifs is 1. The largest absolute Gasteiger partial charge is 0.378 e. The van der Waals surface area contributed by atoms with E-state index in [-0.39, 0.29) is 23.1 Å². The molecule has 1 aromatic rings. The minimum absolute atomic E-state index is 0.201. The number of amidine groups is 1. The van der Waals surface area contributed by atoms with E-state index in [9.17, 15) is 8.78 Å². The lowest BCUT2D eigenvalue weighted by atomic mass is 9.84. The summed E-state index contributed by atoms with van der Waals surface area (Å²) in [6.45, 7) is -0.834. The zero-order valence-electron chi connectivity index (χ0n) is 10.9. The molecule has 0 bridgehead atoms. The van der Waals surface area contributed by atoms with Crippen molar-refractivity contribution in [2.75, 3.05) is 6.67 Å². The number of aliphatic imine (C=N–C) groups is 1. The van der Waals surface area contributed by atoms with Gasteiger partial charge >= 0.3 is 0 Å². The van der Waals surface area contributed by atoms with Gasteiger partial charge in [0.1, 0.15) is 18.0 Å². The quantitative estimate of drug-likeness (QED) is 0.884. The van der Waals surface area contributed by atoms with E-state index in [4.69, 9.17) is 11.0 Å². The van der Waals surface area contributed by atoms with Crippen LogP contribution in [0.1, 0.15) is 18.4 Å². The maximum Gasteiger partial charge on any atom is 0.155 e. The fourth-order valence-corrected chi connectivity index (χ4v) is 4.86. The first-order chi connectivity index (χ1) is 9.97. The molecule has 1 aliphatic carbocycles. The molecule has 0 aromatic heterocycles. The van der Waals surface area contributed by atoms with Gasteiger partial charge in [-0.15, -0.1) is 0 Å². The Morgan fingerprint density at radius 1 is 1.57 bits per heavy atom. The number of nitriles is 1. The smallest absolute Gasteiger partial charge is 0.155 e. The van der Waals surface area contributed by atoms with Crippen LogP contribution in [0.25, 0.3) is 0 Å². The molecule has 0 spiro atoms. The van der Waals surface area contributed by atoms with Crippen molar-refractivity contribution in [3.8, 4) is 6.07 Å². The number of nitrogens with zero attached hydrogens (tertiary/aromatic N) is 2. The maximum absolute atomic E-state index is 14.2. The van der Waals surface area contributed by atoms with E-state index in [1.807, 2.05) is 0 Å². The molecule has 3 rings (SSSR count). The summed E-state index contributed by atoms with van der Waals surface area (Å²) < 4.78 is 28.4. The Bertz CT molecular complexity index is 675. The van der Waals surface area contributed by atoms with Gasteiger partial charge in [0.2, 0.25) is 0 Å². The number of hydrogen-bond donors (Lipinski definition) is 1. The highest BCUT2D eigenvalue weighted by Gasteiger charge is 2.68. The molecule has 0 unspecified atom stereocenters. The number of rotatable bonds is 3. The van der Waals surface area contributed by atoms with Gasteiger partial charge in [0.25, 0.3) is 0 Å². The average Bonchev–Trinajstić information content (AvgIpc) is 3.15. The average molecular weight is 372 g/mol. The first-order valence-electron chi connectivity index (χ1n) is 6.40. The van der Waals surface area contributed by atoms with Crippen molar-refractivity contribution in [3.05, 3.63) is 34.1 Å². The molecule has 1 heterocycles. The normalized spacial score (nSPS) is 33.8. The van der Waals surface area contributed by atoms with Crippen molar-refractivity contribution in [1.82, 2.24) is 0 Å². The van der Waals surface area contributed by atoms with Crippen LogP contribution in [0.15, 0.2) is 27.7 Å². The van der Waals surface area contributed by atoms with Crippen LogP contribution in [0, 0.1) is 23.1 Å². The van der Waals surface area contributed by atoms with Gasteiger partial charge < -0.3 is 5.73 Å². The highest BCUT2D eigenvalue weighted by molar-refractivity contribution is 9.10. The summed E-state index contributed by atoms with van der Waals surface area (Å²) in [7, 11) is 0. The number of nitrogens with two attached hydrogens (primary N) is 1. The molecule has 1 aliphatic heterocycles. The maximum atomic E-state index is 14.2. The fraction of sp³-hybridized carbons (Fsp3) is 0.429. The highest BCUT2D eigenvalue weighted by atomic mass is 79.9. The molecule has 0 saturated heterocycles. The SMILES string of the molecule is N#CC[C@]12C[C@H]1[C@@](CF)(c1cc(Br)ccc1F)N=C(N)S2. The molecule has 1 fully saturated rings. The first kappa shape index (κ1) is 14.8. The highest BCUT2D eigenvalue weighted by Crippen LogP contribution is 2.67. The topological polar surface area (TPSA) is 62.2 Å². The summed E-state index contributed by atoms with van der Waals surface area (Å²) >= 11 is 4.60. The minimum atomic E-state index is -1.32. The van der Waals surface area contributed by atoms with E-state index >= 15 is 0 Å². The summed E-state index contributed by atoms with van der Waals surface area (Å²) in [5.41, 5.74) is 4.73. The van der Waals surface area contributed by atoms with Gasteiger partial charge in [0.05, 0.1) is 12.5 Å². The van der Waals surface area contributed by atoms with E-state index in [1.54, 1.807) is 12.1 Å². The summed E-state index contributed by atoms with van der Waals surface area (Å²) in [5, 5.41) is 9.21. The molecule has 1 aromatic carbocycles. The van der Waals surface area contributed by atoms with Crippen LogP contribution in [-0.2, 0) is 5.54 Å². The third-order valence-electron chi connectivity index (χ3n) is 4.20. The predicted molar refractivity (Wildman–Crippen MR) is 82.0 cm³/mol. The van der Waals surface area contributed by atoms with Crippen molar-refractivity contribution in [2.24, 2.45) is 16.6 Å². The molecule has 1 saturated carbocycles. The Hall–Kier alpha value is -1.13. The van der Waals surface area contributed by atoms with Gasteiger partial charge in [0.15, 0.2) is 5.17 Å². The molecule has 0 amide bonds. The van der Waals surface area contributed by atoms with Crippen molar-refractivity contribution in [2.45, 2.75) is 23.1 Å². The second-order valence-electron chi connectivity index (χ2n) is 5.39. The number of alkyl halides is 1. The Balaban J connectivity index is 2.15. The Morgan fingerprint density at radius 2 is 2.33 bits per heavy atom. The van der Waals surface area contributed by atoms with Crippen LogP contribution >= 0.6 is 27.7 Å². The van der Waals surface area contributed by atoms with Gasteiger partial charge in [0, 0.05) is 20.7 Å². The molecule has 0 radical (unpaired) electrons. The molecular formula is C14H12BrF2N3S. The van der Waals surface area contributed by atoms with Gasteiger partial charge in [-0.1, -0.05) is 27.7 Å². The zero-order chi connectivity index (χ0) is 15.3. The second kappa shape index (κ2) is 4.96. The number of hydrogen-bond acceptors (Lipinski definition) is 4. The Morgan fingerprint density at radius 3 is 3.00 bits per heavy atom. The summed E-state index contributed by atoms with van der Waals surface area (Å²) in [6, 6.07) is 6.53. The summed E-state index contributed by atoms with van der Waals surface area (Å²) in [6.07, 6.45) is 0.876. The van der Waals surface area contributed by atoms with E-state index in [0.29, 0.717) is 10.9 Å². The van der Waals surface area contributed by atoms with Crippen LogP contribution in [0.4, 0.5) is 8.78 Å². The van der Waals surface area contributed by atoms with E-state index in [1.165, 1.54) is 17.8 Å². The van der Waals surface area contributed by atoms with Gasteiger partial charge in [-0.2, -0.15) is 5.26 Å². The third-order valence-corrected chi connectivity index (χ3v) is 5.99. The number of halogens is 3. The lowest BCUT2D eigenvalue weighted by Crippen LogP contribution is -2.40. The van der Waals surface area contributed by atoms with Gasteiger partial charge in [-0.25, -0.2) is 13.8 Å². The van der Waals surface area contributed by atoms with Crippen LogP contribution in [-0.4, -0.2) is 16.6 Å². The minimum Gasteiger partial charge on any atom is -0.378 e. The Labute approximate surface area is 133 Å². The van der Waals surface area contributed by atoms with Crippen LogP contribution in [0.3, 0.4) is 0 Å². The lowest BCUT2D eigenvalue weighted by molar-refractivity contribution is 0.263. The molecule has 2 aliphatic rings. The van der Waals surface area contributed by atoms with Crippen molar-refractivity contribution in [1.29, 1.82) is 5.26 Å². The van der Waals surface area contributed by atoms with Crippen molar-refractivity contribution >= 4 is 32.9 Å². The monoisotopic (exact) mass is 371 g/mol. The van der Waals surface area contributed by atoms with Gasteiger partial charge in [-0.05, 0) is 24.6 Å². The van der Waals surface area contributed by atoms with Crippen LogP contribution in [0.5, 0.6) is 0 Å². The van der Waals surface area contributed by atoms with E-state index < -0.39 is 22.8 Å². The standard InChI is InChI=1S/C14H12BrF2N3S/c15-8-1-2-10(17)9(5-8)14(7-16)11-6-13(11,3-4-18)21-12(19)20-14/h1-2,5,11H,3,6-7H2,(H2,19,20)/t11-,13+,14-/m1/s1. The molecule has 7 heteroatoms. The summed E-state index contributed by atoms with van der Waals surface area (Å²) in [5.74, 6) is -0.715. The first-order valence-corrected chi connectivity index (χ1v) is 8.01. The molecular weight excluding hydrogens is 360 g/mol. The molecule has 3 atom stereocenters. The van der Waals surface area contributed by atoms with Gasteiger partial charge in [-0.3, -0.25) is 0 Å². The number of benzene rings is 1. The van der Waals surface area contributed by atoms with Crippen molar-refractivity contribution in [3.63, 3.8) is 0 Å². The van der Waals surface area contributed by atoms with Crippen LogP contribution < -0.4 is 5.73 Å². The lowest BCUT2D eigenvalue weighted by Gasteiger charge is -2.34. The third kappa shape index (κ3) is 2.16. The van der Waals surface area contributed by atoms with Crippen molar-refractivity contribution < 1.29 is 8.78 Å². The van der Waals surface area contributed by atoms with E-state index in [2.05, 4.69) is 27.0 Å². The predicted octanol–water partition coefficient (Wildman–Crippen LogP) is 3.49. The summed E-state index contributed by atoms with van der Waals surface area (Å²) in [4.78, 5) is 4.27. The number of thioether (sulfide) groups is 1. The Kier molecular flexibility index (Phi) is 3.49.